The fraction of sp³-hybridized carbons (Fsp3) is 0.526. The largest absolute Gasteiger partial charge is 0.513 e. The van der Waals surface area contributed by atoms with E-state index in [-0.39, 0.29) is 24.3 Å². The monoisotopic (exact) mass is 396 g/mol. The van der Waals surface area contributed by atoms with Crippen LogP contribution < -0.4 is 4.74 Å². The number of benzene rings is 1. The van der Waals surface area contributed by atoms with Gasteiger partial charge in [0.25, 0.3) is 5.91 Å². The molecule has 1 aromatic rings. The Morgan fingerprint density at radius 3 is 2.11 bits per heavy atom. The number of nitrogens with zero attached hydrogens (tertiary/aromatic N) is 2. The van der Waals surface area contributed by atoms with Gasteiger partial charge in [-0.3, -0.25) is 9.59 Å². The third-order valence-corrected chi connectivity index (χ3v) is 5.00. The maximum atomic E-state index is 12.6. The molecule has 1 fully saturated rings. The Kier molecular flexibility index (Phi) is 7.07. The molecule has 7 nitrogen and oxygen atoms in total. The topological polar surface area (TPSA) is 76.2 Å². The minimum Gasteiger partial charge on any atom is -0.434 e. The fourth-order valence-electron chi connectivity index (χ4n) is 2.69. The van der Waals surface area contributed by atoms with Gasteiger partial charge in [0.1, 0.15) is 5.75 Å². The molecule has 148 valence electrons. The number of alkyl halides is 1. The number of hydrogen-bond acceptors (Lipinski definition) is 5. The van der Waals surface area contributed by atoms with Crippen molar-refractivity contribution in [2.24, 2.45) is 5.41 Å². The molecule has 27 heavy (non-hydrogen) atoms. The van der Waals surface area contributed by atoms with E-state index in [1.165, 1.54) is 0 Å². The average molecular weight is 397 g/mol. The summed E-state index contributed by atoms with van der Waals surface area (Å²) in [5, 5.41) is 0. The average Bonchev–Trinajstić information content (AvgIpc) is 2.67. The summed E-state index contributed by atoms with van der Waals surface area (Å²) in [6.07, 6.45) is -0.780. The molecule has 1 aliphatic heterocycles. The first kappa shape index (κ1) is 21.0. The molecule has 0 bridgehead atoms. The number of piperazine rings is 1. The van der Waals surface area contributed by atoms with Gasteiger partial charge in [0.2, 0.25) is 5.91 Å². The molecule has 2 amide bonds. The van der Waals surface area contributed by atoms with Crippen LogP contribution in [0.3, 0.4) is 0 Å². The molecular formula is C19H25ClN2O5. The van der Waals surface area contributed by atoms with Crippen molar-refractivity contribution in [2.75, 3.05) is 38.7 Å². The maximum absolute atomic E-state index is 12.6. The number of carbonyl (C=O) groups is 3. The van der Waals surface area contributed by atoms with E-state index in [4.69, 9.17) is 21.1 Å². The second kappa shape index (κ2) is 9.08. The van der Waals surface area contributed by atoms with E-state index in [0.717, 1.165) is 0 Å². The van der Waals surface area contributed by atoms with Crippen LogP contribution in [0.1, 0.15) is 31.1 Å². The van der Waals surface area contributed by atoms with Crippen LogP contribution in [0.15, 0.2) is 24.3 Å². The second-order valence-corrected chi connectivity index (χ2v) is 7.18. The molecule has 0 N–H and O–H groups in total. The number of halogens is 1. The van der Waals surface area contributed by atoms with Gasteiger partial charge in [-0.05, 0) is 45.0 Å². The lowest BCUT2D eigenvalue weighted by atomic mass is 9.94. The summed E-state index contributed by atoms with van der Waals surface area (Å²) >= 11 is 5.88. The van der Waals surface area contributed by atoms with E-state index in [9.17, 15) is 14.4 Å². The summed E-state index contributed by atoms with van der Waals surface area (Å²) in [6.45, 7) is 7.44. The zero-order valence-corrected chi connectivity index (χ0v) is 16.6. The van der Waals surface area contributed by atoms with Gasteiger partial charge in [-0.15, -0.1) is 11.6 Å². The van der Waals surface area contributed by atoms with Crippen LogP contribution in [0.5, 0.6) is 5.75 Å². The minimum atomic E-state index is -0.780. The molecule has 0 spiro atoms. The van der Waals surface area contributed by atoms with Gasteiger partial charge in [0.15, 0.2) is 0 Å². The predicted octanol–water partition coefficient (Wildman–Crippen LogP) is 2.77. The standard InChI is InChI=1S/C19H25ClN2O5/c1-4-26-18(25)27-15-7-5-14(6-8-15)16(23)21-9-11-22(12-10-21)17(24)19(2,3)13-20/h5-8H,4,9-13H2,1-3H3. The highest BCUT2D eigenvalue weighted by Gasteiger charge is 2.33. The Morgan fingerprint density at radius 1 is 1.04 bits per heavy atom. The van der Waals surface area contributed by atoms with E-state index in [0.29, 0.717) is 37.5 Å². The molecule has 0 aromatic heterocycles. The molecule has 8 heteroatoms. The molecule has 1 aromatic carbocycles. The smallest absolute Gasteiger partial charge is 0.434 e. The number of rotatable bonds is 5. The van der Waals surface area contributed by atoms with E-state index in [1.807, 2.05) is 13.8 Å². The summed E-state index contributed by atoms with van der Waals surface area (Å²) in [5.41, 5.74) is -0.116. The second-order valence-electron chi connectivity index (χ2n) is 6.91. The molecule has 0 atom stereocenters. The van der Waals surface area contributed by atoms with E-state index in [2.05, 4.69) is 0 Å². The summed E-state index contributed by atoms with van der Waals surface area (Å²) in [4.78, 5) is 39.8. The van der Waals surface area contributed by atoms with Gasteiger partial charge in [-0.25, -0.2) is 4.79 Å². The van der Waals surface area contributed by atoms with Crippen molar-refractivity contribution in [2.45, 2.75) is 20.8 Å². The Bertz CT molecular complexity index is 682. The van der Waals surface area contributed by atoms with Crippen molar-refractivity contribution in [3.8, 4) is 5.75 Å². The SMILES string of the molecule is CCOC(=O)Oc1ccc(C(=O)N2CCN(C(=O)C(C)(C)CCl)CC2)cc1. The minimum absolute atomic E-state index is 0.00469. The summed E-state index contributed by atoms with van der Waals surface area (Å²) < 4.78 is 9.68. The molecule has 1 aliphatic rings. The zero-order chi connectivity index (χ0) is 20.0. The van der Waals surface area contributed by atoms with Gasteiger partial charge < -0.3 is 19.3 Å². The van der Waals surface area contributed by atoms with Crippen molar-refractivity contribution in [1.29, 1.82) is 0 Å². The van der Waals surface area contributed by atoms with Gasteiger partial charge in [-0.1, -0.05) is 0 Å². The Morgan fingerprint density at radius 2 is 1.59 bits per heavy atom. The predicted molar refractivity (Wildman–Crippen MR) is 101 cm³/mol. The first-order chi connectivity index (χ1) is 12.8. The molecule has 1 saturated heterocycles. The highest BCUT2D eigenvalue weighted by molar-refractivity contribution is 6.19. The van der Waals surface area contributed by atoms with Crippen LogP contribution in [0.4, 0.5) is 4.79 Å². The lowest BCUT2D eigenvalue weighted by Gasteiger charge is -2.38. The van der Waals surface area contributed by atoms with Gasteiger partial charge >= 0.3 is 6.16 Å². The van der Waals surface area contributed by atoms with Crippen molar-refractivity contribution in [3.63, 3.8) is 0 Å². The third-order valence-electron chi connectivity index (χ3n) is 4.33. The highest BCUT2D eigenvalue weighted by Crippen LogP contribution is 2.22. The van der Waals surface area contributed by atoms with Gasteiger partial charge in [-0.2, -0.15) is 0 Å². The van der Waals surface area contributed by atoms with Crippen LogP contribution in [-0.4, -0.2) is 66.4 Å². The zero-order valence-electron chi connectivity index (χ0n) is 15.9. The van der Waals surface area contributed by atoms with Crippen LogP contribution >= 0.6 is 11.6 Å². The third kappa shape index (κ3) is 5.35. The highest BCUT2D eigenvalue weighted by atomic mass is 35.5. The molecule has 0 radical (unpaired) electrons. The Labute approximate surface area is 164 Å². The van der Waals surface area contributed by atoms with Crippen LogP contribution in [0.25, 0.3) is 0 Å². The van der Waals surface area contributed by atoms with Crippen molar-refractivity contribution in [3.05, 3.63) is 29.8 Å². The van der Waals surface area contributed by atoms with Gasteiger partial charge in [0.05, 0.1) is 12.0 Å². The summed E-state index contributed by atoms with van der Waals surface area (Å²) in [5.74, 6) is 0.445. The quantitative estimate of drug-likeness (QED) is 0.434. The number of ether oxygens (including phenoxy) is 2. The normalized spacial score (nSPS) is 14.7. The first-order valence-electron chi connectivity index (χ1n) is 8.87. The molecular weight excluding hydrogens is 372 g/mol. The van der Waals surface area contributed by atoms with Crippen LogP contribution in [0.2, 0.25) is 0 Å². The number of carbonyl (C=O) groups excluding carboxylic acids is 3. The summed E-state index contributed by atoms with van der Waals surface area (Å²) in [6, 6.07) is 6.30. The molecule has 0 aliphatic carbocycles. The molecule has 2 rings (SSSR count). The molecule has 0 saturated carbocycles. The van der Waals surface area contributed by atoms with Crippen molar-refractivity contribution >= 4 is 29.6 Å². The fourth-order valence-corrected chi connectivity index (χ4v) is 2.80. The Hall–Kier alpha value is -2.28. The Balaban J connectivity index is 1.92. The van der Waals surface area contributed by atoms with Crippen molar-refractivity contribution in [1.82, 2.24) is 9.80 Å². The summed E-state index contributed by atoms with van der Waals surface area (Å²) in [7, 11) is 0. The molecule has 1 heterocycles. The lowest BCUT2D eigenvalue weighted by molar-refractivity contribution is -0.140. The number of hydrogen-bond donors (Lipinski definition) is 0. The van der Waals surface area contributed by atoms with E-state index >= 15 is 0 Å². The maximum Gasteiger partial charge on any atom is 0.513 e. The van der Waals surface area contributed by atoms with Crippen LogP contribution in [-0.2, 0) is 9.53 Å². The van der Waals surface area contributed by atoms with Crippen LogP contribution in [0, 0.1) is 5.41 Å². The van der Waals surface area contributed by atoms with Gasteiger partial charge in [0, 0.05) is 37.6 Å². The first-order valence-corrected chi connectivity index (χ1v) is 9.41. The molecule has 0 unspecified atom stereocenters. The number of amides is 2. The van der Waals surface area contributed by atoms with E-state index < -0.39 is 11.6 Å². The van der Waals surface area contributed by atoms with E-state index in [1.54, 1.807) is 41.0 Å². The lowest BCUT2D eigenvalue weighted by Crippen LogP contribution is -2.53. The van der Waals surface area contributed by atoms with Crippen molar-refractivity contribution < 1.29 is 23.9 Å².